The van der Waals surface area contributed by atoms with Crippen molar-refractivity contribution in [3.05, 3.63) is 34.3 Å². The van der Waals surface area contributed by atoms with Crippen molar-refractivity contribution in [1.82, 2.24) is 5.32 Å². The zero-order valence-electron chi connectivity index (χ0n) is 12.2. The summed E-state index contributed by atoms with van der Waals surface area (Å²) in [6, 6.07) is 5.15. The Kier molecular flexibility index (Phi) is 5.59. The van der Waals surface area contributed by atoms with Gasteiger partial charge in [-0.15, -0.1) is 0 Å². The van der Waals surface area contributed by atoms with E-state index in [1.807, 2.05) is 13.0 Å². The first-order valence-electron chi connectivity index (χ1n) is 7.35. The van der Waals surface area contributed by atoms with Gasteiger partial charge in [0.15, 0.2) is 0 Å². The molecule has 0 radical (unpaired) electrons. The highest BCUT2D eigenvalue weighted by atomic mass is 35.5. The highest BCUT2D eigenvalue weighted by Gasteiger charge is 2.27. The molecule has 0 spiro atoms. The van der Waals surface area contributed by atoms with Gasteiger partial charge in [0, 0.05) is 0 Å². The largest absolute Gasteiger partial charge is 0.392 e. The molecule has 1 aromatic rings. The molecule has 0 saturated heterocycles. The maximum Gasteiger partial charge on any atom is 0.253 e. The molecule has 1 saturated carbocycles. The summed E-state index contributed by atoms with van der Waals surface area (Å²) < 4.78 is 0. The van der Waals surface area contributed by atoms with E-state index in [4.69, 9.17) is 29.6 Å². The molecule has 0 bridgehead atoms. The number of carbonyl (C=O) groups excluding carboxylic acids is 1. The standard InChI is InChI=1S/C16H21ClN2OS/c1-10-7-8-12(13(17)9-10)16(20)19-14(15(18)21)11-5-3-2-4-6-11/h7-9,11,14H,2-6H2,1H3,(H2,18,21)(H,19,20). The van der Waals surface area contributed by atoms with Crippen LogP contribution in [0.15, 0.2) is 18.2 Å². The van der Waals surface area contributed by atoms with Crippen molar-refractivity contribution < 1.29 is 4.79 Å². The van der Waals surface area contributed by atoms with Gasteiger partial charge < -0.3 is 11.1 Å². The van der Waals surface area contributed by atoms with E-state index in [0.29, 0.717) is 21.5 Å². The normalized spacial score (nSPS) is 17.2. The maximum atomic E-state index is 12.4. The van der Waals surface area contributed by atoms with E-state index in [-0.39, 0.29) is 11.9 Å². The number of nitrogens with one attached hydrogen (secondary N) is 1. The minimum absolute atomic E-state index is 0.205. The molecule has 5 heteroatoms. The van der Waals surface area contributed by atoms with Crippen LogP contribution in [-0.4, -0.2) is 16.9 Å². The monoisotopic (exact) mass is 324 g/mol. The van der Waals surface area contributed by atoms with E-state index in [9.17, 15) is 4.79 Å². The minimum atomic E-state index is -0.245. The molecule has 0 heterocycles. The zero-order valence-corrected chi connectivity index (χ0v) is 13.8. The topological polar surface area (TPSA) is 55.1 Å². The summed E-state index contributed by atoms with van der Waals surface area (Å²) in [5, 5.41) is 3.43. The van der Waals surface area contributed by atoms with Gasteiger partial charge in [-0.1, -0.05) is 49.1 Å². The molecule has 0 aromatic heterocycles. The third-order valence-corrected chi connectivity index (χ3v) is 4.65. The highest BCUT2D eigenvalue weighted by Crippen LogP contribution is 2.27. The molecule has 2 rings (SSSR count). The van der Waals surface area contributed by atoms with Crippen molar-refractivity contribution in [2.24, 2.45) is 11.7 Å². The van der Waals surface area contributed by atoms with Gasteiger partial charge >= 0.3 is 0 Å². The lowest BCUT2D eigenvalue weighted by atomic mass is 9.83. The van der Waals surface area contributed by atoms with Crippen LogP contribution < -0.4 is 11.1 Å². The molecule has 1 unspecified atom stereocenters. The predicted molar refractivity (Wildman–Crippen MR) is 90.8 cm³/mol. The molecule has 21 heavy (non-hydrogen) atoms. The molecule has 3 nitrogen and oxygen atoms in total. The van der Waals surface area contributed by atoms with E-state index in [1.54, 1.807) is 12.1 Å². The van der Waals surface area contributed by atoms with E-state index < -0.39 is 0 Å². The Morgan fingerprint density at radius 2 is 2.05 bits per heavy atom. The van der Waals surface area contributed by atoms with Crippen LogP contribution in [0.4, 0.5) is 0 Å². The first-order valence-corrected chi connectivity index (χ1v) is 8.14. The number of nitrogens with two attached hydrogens (primary N) is 1. The van der Waals surface area contributed by atoms with Crippen LogP contribution in [0.3, 0.4) is 0 Å². The number of benzene rings is 1. The number of aryl methyl sites for hydroxylation is 1. The minimum Gasteiger partial charge on any atom is -0.392 e. The number of hydrogen-bond donors (Lipinski definition) is 2. The molecule has 3 N–H and O–H groups in total. The fourth-order valence-corrected chi connectivity index (χ4v) is 3.48. The van der Waals surface area contributed by atoms with Gasteiger partial charge in [0.2, 0.25) is 0 Å². The summed E-state index contributed by atoms with van der Waals surface area (Å²) in [5.41, 5.74) is 7.33. The molecule has 1 amide bonds. The van der Waals surface area contributed by atoms with Gasteiger partial charge in [-0.25, -0.2) is 0 Å². The fourth-order valence-electron chi connectivity index (χ4n) is 2.91. The van der Waals surface area contributed by atoms with Crippen LogP contribution in [0.5, 0.6) is 0 Å². The van der Waals surface area contributed by atoms with Crippen LogP contribution in [0.2, 0.25) is 5.02 Å². The van der Waals surface area contributed by atoms with Crippen molar-refractivity contribution >= 4 is 34.7 Å². The second kappa shape index (κ2) is 7.23. The Hall–Kier alpha value is -1.13. The average molecular weight is 325 g/mol. The third-order valence-electron chi connectivity index (χ3n) is 4.08. The van der Waals surface area contributed by atoms with Crippen LogP contribution in [-0.2, 0) is 0 Å². The van der Waals surface area contributed by atoms with Crippen molar-refractivity contribution in [3.8, 4) is 0 Å². The Bertz CT molecular complexity index is 541. The van der Waals surface area contributed by atoms with E-state index in [0.717, 1.165) is 18.4 Å². The second-order valence-electron chi connectivity index (χ2n) is 5.73. The third kappa shape index (κ3) is 4.17. The fraction of sp³-hybridized carbons (Fsp3) is 0.500. The summed E-state index contributed by atoms with van der Waals surface area (Å²) in [6.07, 6.45) is 5.71. The van der Waals surface area contributed by atoms with Crippen molar-refractivity contribution in [1.29, 1.82) is 0 Å². The molecule has 1 fully saturated rings. The van der Waals surface area contributed by atoms with E-state index >= 15 is 0 Å². The number of hydrogen-bond acceptors (Lipinski definition) is 2. The molecule has 1 aliphatic rings. The van der Waals surface area contributed by atoms with E-state index in [1.165, 1.54) is 19.3 Å². The molecule has 1 aliphatic carbocycles. The van der Waals surface area contributed by atoms with Gasteiger partial charge in [0.25, 0.3) is 5.91 Å². The quantitative estimate of drug-likeness (QED) is 0.832. The predicted octanol–water partition coefficient (Wildman–Crippen LogP) is 3.61. The summed E-state index contributed by atoms with van der Waals surface area (Å²) >= 11 is 11.3. The Morgan fingerprint density at radius 3 is 2.62 bits per heavy atom. The second-order valence-corrected chi connectivity index (χ2v) is 6.61. The SMILES string of the molecule is Cc1ccc(C(=O)NC(C(N)=S)C2CCCCC2)c(Cl)c1. The summed E-state index contributed by atoms with van der Waals surface area (Å²) in [4.78, 5) is 12.8. The van der Waals surface area contributed by atoms with Crippen LogP contribution in [0.1, 0.15) is 48.0 Å². The lowest BCUT2D eigenvalue weighted by Gasteiger charge is -2.30. The van der Waals surface area contributed by atoms with Gasteiger partial charge in [-0.05, 0) is 43.4 Å². The number of carbonyl (C=O) groups is 1. The van der Waals surface area contributed by atoms with Crippen LogP contribution in [0, 0.1) is 12.8 Å². The molecular weight excluding hydrogens is 304 g/mol. The highest BCUT2D eigenvalue weighted by molar-refractivity contribution is 7.80. The number of thiocarbonyl (C=S) groups is 1. The van der Waals surface area contributed by atoms with Crippen molar-refractivity contribution in [2.45, 2.75) is 45.1 Å². The Morgan fingerprint density at radius 1 is 1.38 bits per heavy atom. The molecular formula is C16H21ClN2OS. The number of halogens is 1. The summed E-state index contributed by atoms with van der Waals surface area (Å²) in [5.74, 6) is 0.132. The van der Waals surface area contributed by atoms with Crippen molar-refractivity contribution in [2.75, 3.05) is 0 Å². The van der Waals surface area contributed by atoms with Crippen LogP contribution in [0.25, 0.3) is 0 Å². The zero-order chi connectivity index (χ0) is 15.4. The summed E-state index contributed by atoms with van der Waals surface area (Å²) in [7, 11) is 0. The van der Waals surface area contributed by atoms with Gasteiger partial charge in [0.05, 0.1) is 21.6 Å². The maximum absolute atomic E-state index is 12.4. The lowest BCUT2D eigenvalue weighted by molar-refractivity contribution is 0.0932. The number of amides is 1. The first-order chi connectivity index (χ1) is 9.99. The van der Waals surface area contributed by atoms with Gasteiger partial charge in [0.1, 0.15) is 0 Å². The number of rotatable bonds is 4. The summed E-state index contributed by atoms with van der Waals surface area (Å²) in [6.45, 7) is 1.94. The molecule has 114 valence electrons. The van der Waals surface area contributed by atoms with Crippen LogP contribution >= 0.6 is 23.8 Å². The Balaban J connectivity index is 2.12. The Labute approximate surface area is 136 Å². The van der Waals surface area contributed by atoms with Gasteiger partial charge in [-0.2, -0.15) is 0 Å². The van der Waals surface area contributed by atoms with E-state index in [2.05, 4.69) is 5.32 Å². The van der Waals surface area contributed by atoms with Gasteiger partial charge in [-0.3, -0.25) is 4.79 Å². The average Bonchev–Trinajstić information content (AvgIpc) is 2.45. The lowest BCUT2D eigenvalue weighted by Crippen LogP contribution is -2.48. The molecule has 1 aromatic carbocycles. The smallest absolute Gasteiger partial charge is 0.253 e. The molecule has 1 atom stereocenters. The van der Waals surface area contributed by atoms with Crippen molar-refractivity contribution in [3.63, 3.8) is 0 Å². The first kappa shape index (κ1) is 16.2. The molecule has 0 aliphatic heterocycles.